The molecule has 2 aromatic carbocycles. The third kappa shape index (κ3) is 2.43. The second kappa shape index (κ2) is 5.85. The Morgan fingerprint density at radius 2 is 1.96 bits per heavy atom. The first-order valence-corrected chi connectivity index (χ1v) is 10.0. The van der Waals surface area contributed by atoms with Gasteiger partial charge in [-0.2, -0.15) is 0 Å². The molecule has 3 aromatic rings. The largest absolute Gasteiger partial charge is 0.488 e. The van der Waals surface area contributed by atoms with Crippen LogP contribution in [0.3, 0.4) is 0 Å². The second-order valence-electron chi connectivity index (χ2n) is 7.69. The van der Waals surface area contributed by atoms with Crippen molar-refractivity contribution in [2.24, 2.45) is 0 Å². The van der Waals surface area contributed by atoms with E-state index < -0.39 is 0 Å². The Balaban J connectivity index is 1.47. The van der Waals surface area contributed by atoms with Gasteiger partial charge in [-0.05, 0) is 79.3 Å². The summed E-state index contributed by atoms with van der Waals surface area (Å²) >= 11 is 6.13. The lowest BCUT2D eigenvalue weighted by Gasteiger charge is -2.24. The van der Waals surface area contributed by atoms with Crippen LogP contribution in [0.5, 0.6) is 5.75 Å². The lowest BCUT2D eigenvalue weighted by Crippen LogP contribution is -2.14. The number of hydrogen-bond donors (Lipinski definition) is 2. The summed E-state index contributed by atoms with van der Waals surface area (Å²) in [5, 5.41) is 4.26. The number of aryl methyl sites for hydroxylation is 2. The van der Waals surface area contributed by atoms with E-state index in [4.69, 9.17) is 21.3 Å². The number of H-pyrrole nitrogens is 1. The van der Waals surface area contributed by atoms with E-state index in [2.05, 4.69) is 28.5 Å². The van der Waals surface area contributed by atoms with Gasteiger partial charge in [-0.25, -0.2) is 4.98 Å². The number of nitrogens with one attached hydrogen (secondary N) is 2. The van der Waals surface area contributed by atoms with Gasteiger partial charge in [-0.3, -0.25) is 0 Å². The van der Waals surface area contributed by atoms with E-state index in [-0.39, 0.29) is 0 Å². The summed E-state index contributed by atoms with van der Waals surface area (Å²) in [5.41, 5.74) is 8.66. The van der Waals surface area contributed by atoms with Gasteiger partial charge >= 0.3 is 0 Å². The Morgan fingerprint density at radius 3 is 2.85 bits per heavy atom. The molecule has 6 rings (SSSR count). The van der Waals surface area contributed by atoms with Gasteiger partial charge in [0, 0.05) is 21.8 Å². The summed E-state index contributed by atoms with van der Waals surface area (Å²) < 4.78 is 5.97. The van der Waals surface area contributed by atoms with E-state index in [9.17, 15) is 0 Å². The standard InChI is InChI=1S/C22H20ClN3O/c23-14-4-5-15-16-8-12-3-6-18-21(26-22(25-18)19-2-1-7-24-19)17(12)9-13(16)11-27-20(15)10-14/h4-5,8-10,19,24H,1-3,6-7,11H2,(H,25,26). The SMILES string of the molecule is Clc1ccc2c(c1)OCc1cc3c(cc1-2)CCc1[nH]c(C2CCCN2)nc1-3. The van der Waals surface area contributed by atoms with Crippen LogP contribution in [0.25, 0.3) is 22.4 Å². The van der Waals surface area contributed by atoms with E-state index in [0.29, 0.717) is 17.7 Å². The lowest BCUT2D eigenvalue weighted by molar-refractivity contribution is 0.302. The van der Waals surface area contributed by atoms with Crippen LogP contribution in [-0.2, 0) is 19.4 Å². The van der Waals surface area contributed by atoms with E-state index >= 15 is 0 Å². The maximum atomic E-state index is 6.13. The number of halogens is 1. The summed E-state index contributed by atoms with van der Waals surface area (Å²) in [6, 6.07) is 10.9. The molecular formula is C22H20ClN3O. The molecule has 1 unspecified atom stereocenters. The van der Waals surface area contributed by atoms with Crippen molar-refractivity contribution in [3.63, 3.8) is 0 Å². The van der Waals surface area contributed by atoms with Crippen LogP contribution in [-0.4, -0.2) is 16.5 Å². The maximum Gasteiger partial charge on any atom is 0.129 e. The Kier molecular flexibility index (Phi) is 3.41. The average molecular weight is 378 g/mol. The molecule has 0 bridgehead atoms. The monoisotopic (exact) mass is 377 g/mol. The number of imidazole rings is 1. The molecule has 1 aliphatic carbocycles. The summed E-state index contributed by atoms with van der Waals surface area (Å²) in [7, 11) is 0. The highest BCUT2D eigenvalue weighted by molar-refractivity contribution is 6.30. The molecule has 27 heavy (non-hydrogen) atoms. The number of benzene rings is 2. The minimum Gasteiger partial charge on any atom is -0.488 e. The lowest BCUT2D eigenvalue weighted by atomic mass is 9.86. The molecule has 0 radical (unpaired) electrons. The minimum atomic E-state index is 0.372. The smallest absolute Gasteiger partial charge is 0.129 e. The highest BCUT2D eigenvalue weighted by Crippen LogP contribution is 2.43. The highest BCUT2D eigenvalue weighted by atomic mass is 35.5. The molecule has 3 heterocycles. The molecular weight excluding hydrogens is 358 g/mol. The molecule has 1 aromatic heterocycles. The van der Waals surface area contributed by atoms with Crippen molar-refractivity contribution in [3.8, 4) is 28.1 Å². The maximum absolute atomic E-state index is 6.13. The number of aromatic nitrogens is 2. The number of fused-ring (bicyclic) bond motifs is 6. The molecule has 1 fully saturated rings. The molecule has 0 spiro atoms. The first kappa shape index (κ1) is 15.7. The Hall–Kier alpha value is -2.30. The Labute approximate surface area is 162 Å². The van der Waals surface area contributed by atoms with Crippen LogP contribution < -0.4 is 10.1 Å². The summed E-state index contributed by atoms with van der Waals surface area (Å²) in [6.07, 6.45) is 4.45. The zero-order valence-electron chi connectivity index (χ0n) is 14.9. The molecule has 5 heteroatoms. The fourth-order valence-electron chi connectivity index (χ4n) is 4.66. The first-order chi connectivity index (χ1) is 13.3. The topological polar surface area (TPSA) is 49.9 Å². The third-order valence-corrected chi connectivity index (χ3v) is 6.27. The average Bonchev–Trinajstić information content (AvgIpc) is 3.35. The number of ether oxygens (including phenoxy) is 1. The predicted octanol–water partition coefficient (Wildman–Crippen LogP) is 4.81. The second-order valence-corrected chi connectivity index (χ2v) is 8.13. The zero-order chi connectivity index (χ0) is 18.0. The third-order valence-electron chi connectivity index (χ3n) is 6.03. The molecule has 0 saturated carbocycles. The number of rotatable bonds is 1. The highest BCUT2D eigenvalue weighted by Gasteiger charge is 2.27. The number of nitrogens with zero attached hydrogens (tertiary/aromatic N) is 1. The van der Waals surface area contributed by atoms with E-state index in [0.717, 1.165) is 48.6 Å². The van der Waals surface area contributed by atoms with Crippen molar-refractivity contribution >= 4 is 11.6 Å². The van der Waals surface area contributed by atoms with Gasteiger partial charge in [0.15, 0.2) is 0 Å². The number of aromatic amines is 1. The molecule has 0 amide bonds. The first-order valence-electron chi connectivity index (χ1n) is 9.67. The predicted molar refractivity (Wildman–Crippen MR) is 106 cm³/mol. The minimum absolute atomic E-state index is 0.372. The Bertz CT molecular complexity index is 1070. The van der Waals surface area contributed by atoms with Crippen LogP contribution in [0.4, 0.5) is 0 Å². The summed E-state index contributed by atoms with van der Waals surface area (Å²) in [6.45, 7) is 1.66. The normalized spacial score (nSPS) is 19.7. The zero-order valence-corrected chi connectivity index (χ0v) is 15.7. The van der Waals surface area contributed by atoms with Gasteiger partial charge in [0.2, 0.25) is 0 Å². The van der Waals surface area contributed by atoms with Crippen LogP contribution >= 0.6 is 11.6 Å². The van der Waals surface area contributed by atoms with Crippen molar-refractivity contribution in [1.82, 2.24) is 15.3 Å². The molecule has 3 aliphatic rings. The van der Waals surface area contributed by atoms with Gasteiger partial charge in [0.25, 0.3) is 0 Å². The van der Waals surface area contributed by atoms with Crippen LogP contribution in [0.2, 0.25) is 5.02 Å². The fourth-order valence-corrected chi connectivity index (χ4v) is 4.82. The van der Waals surface area contributed by atoms with E-state index in [1.807, 2.05) is 12.1 Å². The van der Waals surface area contributed by atoms with Crippen molar-refractivity contribution in [1.29, 1.82) is 0 Å². The number of hydrogen-bond acceptors (Lipinski definition) is 3. The van der Waals surface area contributed by atoms with Crippen molar-refractivity contribution in [2.75, 3.05) is 6.54 Å². The van der Waals surface area contributed by atoms with Gasteiger partial charge < -0.3 is 15.0 Å². The van der Waals surface area contributed by atoms with E-state index in [1.165, 1.54) is 34.4 Å². The molecule has 2 aliphatic heterocycles. The molecule has 2 N–H and O–H groups in total. The fraction of sp³-hybridized carbons (Fsp3) is 0.318. The van der Waals surface area contributed by atoms with Crippen molar-refractivity contribution < 1.29 is 4.74 Å². The van der Waals surface area contributed by atoms with Gasteiger partial charge in [-0.1, -0.05) is 11.6 Å². The van der Waals surface area contributed by atoms with Crippen molar-refractivity contribution in [2.45, 2.75) is 38.3 Å². The summed E-state index contributed by atoms with van der Waals surface area (Å²) in [5.74, 6) is 1.97. The summed E-state index contributed by atoms with van der Waals surface area (Å²) in [4.78, 5) is 8.60. The van der Waals surface area contributed by atoms with Crippen LogP contribution in [0.1, 0.15) is 41.5 Å². The Morgan fingerprint density at radius 1 is 1.04 bits per heavy atom. The van der Waals surface area contributed by atoms with Crippen LogP contribution in [0.15, 0.2) is 30.3 Å². The van der Waals surface area contributed by atoms with Gasteiger partial charge in [0.1, 0.15) is 18.2 Å². The van der Waals surface area contributed by atoms with Crippen LogP contribution in [0, 0.1) is 0 Å². The molecule has 1 saturated heterocycles. The van der Waals surface area contributed by atoms with Gasteiger partial charge in [0.05, 0.1) is 11.7 Å². The molecule has 136 valence electrons. The molecule has 1 atom stereocenters. The van der Waals surface area contributed by atoms with Gasteiger partial charge in [-0.15, -0.1) is 0 Å². The van der Waals surface area contributed by atoms with E-state index in [1.54, 1.807) is 0 Å². The quantitative estimate of drug-likeness (QED) is 0.639. The molecule has 4 nitrogen and oxygen atoms in total. The van der Waals surface area contributed by atoms with Crippen molar-refractivity contribution in [3.05, 3.63) is 58.0 Å².